The lowest BCUT2D eigenvalue weighted by atomic mass is 9.77. The third kappa shape index (κ3) is 3.58. The Morgan fingerprint density at radius 3 is 2.84 bits per heavy atom. The third-order valence-corrected chi connectivity index (χ3v) is 5.77. The fourth-order valence-corrected chi connectivity index (χ4v) is 3.97. The van der Waals surface area contributed by atoms with Crippen molar-refractivity contribution in [3.05, 3.63) is 28.1 Å². The highest BCUT2D eigenvalue weighted by Gasteiger charge is 2.42. The summed E-state index contributed by atoms with van der Waals surface area (Å²) in [5.74, 6) is -0.855. The molecule has 0 atom stereocenters. The first-order chi connectivity index (χ1) is 11.9. The third-order valence-electron chi connectivity index (χ3n) is 4.95. The van der Waals surface area contributed by atoms with Crippen molar-refractivity contribution >= 4 is 33.4 Å². The number of fused-ring (bicyclic) bond motifs is 1. The molecule has 1 saturated carbocycles. The Morgan fingerprint density at radius 1 is 1.44 bits per heavy atom. The second kappa shape index (κ2) is 6.95. The van der Waals surface area contributed by atoms with Gasteiger partial charge in [0.05, 0.1) is 11.7 Å². The molecule has 0 saturated heterocycles. The van der Waals surface area contributed by atoms with Crippen LogP contribution in [0.4, 0.5) is 0 Å². The molecule has 0 radical (unpaired) electrons. The molecule has 3 rings (SSSR count). The molecule has 2 heterocycles. The summed E-state index contributed by atoms with van der Waals surface area (Å²) < 4.78 is 1.39. The Morgan fingerprint density at radius 2 is 2.16 bits per heavy atom. The topological polar surface area (TPSA) is 101 Å². The molecule has 1 aliphatic carbocycles. The van der Waals surface area contributed by atoms with Gasteiger partial charge in [-0.1, -0.05) is 6.92 Å². The van der Waals surface area contributed by atoms with Crippen LogP contribution in [0.25, 0.3) is 10.2 Å². The quantitative estimate of drug-likeness (QED) is 0.846. The maximum absolute atomic E-state index is 12.3. The number of carbonyl (C=O) groups is 2. The number of carbonyl (C=O) groups excluding carboxylic acids is 1. The molecule has 0 bridgehead atoms. The first kappa shape index (κ1) is 17.6. The lowest BCUT2D eigenvalue weighted by Crippen LogP contribution is -2.56. The Hall–Kier alpha value is -2.22. The van der Waals surface area contributed by atoms with E-state index >= 15 is 0 Å². The summed E-state index contributed by atoms with van der Waals surface area (Å²) in [5.41, 5.74) is -1.36. The number of nitrogens with one attached hydrogen (secondary N) is 1. The Balaban J connectivity index is 1.66. The van der Waals surface area contributed by atoms with E-state index in [9.17, 15) is 19.5 Å². The van der Waals surface area contributed by atoms with Crippen molar-refractivity contribution in [3.63, 3.8) is 0 Å². The number of rotatable bonds is 5. The molecule has 0 spiro atoms. The van der Waals surface area contributed by atoms with Crippen LogP contribution in [0.5, 0.6) is 0 Å². The van der Waals surface area contributed by atoms with Crippen molar-refractivity contribution in [1.29, 1.82) is 0 Å². The summed E-state index contributed by atoms with van der Waals surface area (Å²) in [6, 6.07) is 1.72. The molecule has 2 N–H and O–H groups in total. The van der Waals surface area contributed by atoms with Crippen LogP contribution in [0.1, 0.15) is 39.0 Å². The lowest BCUT2D eigenvalue weighted by molar-refractivity contribution is -0.149. The summed E-state index contributed by atoms with van der Waals surface area (Å²) in [7, 11) is 0. The summed E-state index contributed by atoms with van der Waals surface area (Å²) in [5, 5.41) is 14.6. The van der Waals surface area contributed by atoms with Crippen molar-refractivity contribution in [2.24, 2.45) is 5.92 Å². The molecule has 0 aliphatic heterocycles. The number of aliphatic carboxylic acids is 1. The molecule has 25 heavy (non-hydrogen) atoms. The average molecular weight is 363 g/mol. The van der Waals surface area contributed by atoms with Gasteiger partial charge in [0.2, 0.25) is 5.91 Å². The summed E-state index contributed by atoms with van der Waals surface area (Å²) in [6.07, 6.45) is 3.93. The van der Waals surface area contributed by atoms with Crippen LogP contribution in [-0.4, -0.2) is 32.1 Å². The number of amides is 1. The van der Waals surface area contributed by atoms with Gasteiger partial charge < -0.3 is 10.4 Å². The molecule has 1 amide bonds. The highest BCUT2D eigenvalue weighted by Crippen LogP contribution is 2.32. The number of thiophene rings is 1. The molecule has 1 fully saturated rings. The van der Waals surface area contributed by atoms with E-state index in [2.05, 4.69) is 17.2 Å². The Bertz CT molecular complexity index is 849. The van der Waals surface area contributed by atoms with Crippen LogP contribution >= 0.6 is 11.3 Å². The molecule has 2 aromatic rings. The molecular weight excluding hydrogens is 342 g/mol. The van der Waals surface area contributed by atoms with Crippen LogP contribution in [0.15, 0.2) is 22.6 Å². The number of nitrogens with zero attached hydrogens (tertiary/aromatic N) is 2. The van der Waals surface area contributed by atoms with E-state index in [1.807, 2.05) is 0 Å². The predicted molar refractivity (Wildman–Crippen MR) is 94.6 cm³/mol. The number of hydrogen-bond acceptors (Lipinski definition) is 5. The van der Waals surface area contributed by atoms with Gasteiger partial charge in [0, 0.05) is 13.0 Å². The lowest BCUT2D eigenvalue weighted by Gasteiger charge is -2.36. The number of aromatic nitrogens is 2. The molecule has 7 nitrogen and oxygen atoms in total. The second-order valence-electron chi connectivity index (χ2n) is 6.75. The molecule has 8 heteroatoms. The minimum absolute atomic E-state index is 0.0435. The van der Waals surface area contributed by atoms with Gasteiger partial charge in [-0.3, -0.25) is 14.2 Å². The molecule has 0 aromatic carbocycles. The normalized spacial score (nSPS) is 23.5. The first-order valence-electron chi connectivity index (χ1n) is 8.38. The van der Waals surface area contributed by atoms with E-state index in [-0.39, 0.29) is 24.4 Å². The van der Waals surface area contributed by atoms with Crippen molar-refractivity contribution < 1.29 is 14.7 Å². The SMILES string of the molecule is CC1CCC(NC(=O)CCn2cnc3sccc3c2=O)(C(=O)O)CC1. The molecule has 134 valence electrons. The van der Waals surface area contributed by atoms with Gasteiger partial charge in [-0.15, -0.1) is 11.3 Å². The van der Waals surface area contributed by atoms with Gasteiger partial charge in [-0.2, -0.15) is 0 Å². The number of carboxylic acid groups (broad SMARTS) is 1. The van der Waals surface area contributed by atoms with Crippen molar-refractivity contribution in [3.8, 4) is 0 Å². The smallest absolute Gasteiger partial charge is 0.329 e. The van der Waals surface area contributed by atoms with Crippen LogP contribution in [0.3, 0.4) is 0 Å². The summed E-state index contributed by atoms with van der Waals surface area (Å²) >= 11 is 1.39. The summed E-state index contributed by atoms with van der Waals surface area (Å²) in [6.45, 7) is 2.27. The standard InChI is InChI=1S/C17H21N3O4S/c1-11-2-6-17(7-3-11,16(23)24)19-13(21)4-8-20-10-18-14-12(15(20)22)5-9-25-14/h5,9-11H,2-4,6-8H2,1H3,(H,19,21)(H,23,24). The number of hydrogen-bond donors (Lipinski definition) is 2. The van der Waals surface area contributed by atoms with E-state index in [0.29, 0.717) is 29.0 Å². The zero-order valence-corrected chi connectivity index (χ0v) is 14.8. The fraction of sp³-hybridized carbons (Fsp3) is 0.529. The van der Waals surface area contributed by atoms with Gasteiger partial charge in [-0.05, 0) is 43.0 Å². The maximum atomic E-state index is 12.3. The molecule has 0 unspecified atom stereocenters. The van der Waals surface area contributed by atoms with Crippen molar-refractivity contribution in [1.82, 2.24) is 14.9 Å². The molecule has 2 aromatic heterocycles. The highest BCUT2D eigenvalue weighted by molar-refractivity contribution is 7.16. The van der Waals surface area contributed by atoms with E-state index < -0.39 is 11.5 Å². The van der Waals surface area contributed by atoms with E-state index in [4.69, 9.17) is 0 Å². The zero-order chi connectivity index (χ0) is 18.0. The highest BCUT2D eigenvalue weighted by atomic mass is 32.1. The largest absolute Gasteiger partial charge is 0.480 e. The van der Waals surface area contributed by atoms with Crippen LogP contribution in [-0.2, 0) is 16.1 Å². The van der Waals surface area contributed by atoms with Crippen LogP contribution < -0.4 is 10.9 Å². The molecule has 1 aliphatic rings. The number of carboxylic acids is 1. The minimum atomic E-state index is -1.18. The van der Waals surface area contributed by atoms with Gasteiger partial charge in [0.15, 0.2) is 0 Å². The van der Waals surface area contributed by atoms with Crippen molar-refractivity contribution in [2.45, 2.75) is 51.1 Å². The second-order valence-corrected chi connectivity index (χ2v) is 7.65. The van der Waals surface area contributed by atoms with Gasteiger partial charge in [0.25, 0.3) is 5.56 Å². The van der Waals surface area contributed by atoms with E-state index in [1.165, 1.54) is 22.2 Å². The van der Waals surface area contributed by atoms with Crippen molar-refractivity contribution in [2.75, 3.05) is 0 Å². The first-order valence-corrected chi connectivity index (χ1v) is 9.26. The number of aryl methyl sites for hydroxylation is 1. The average Bonchev–Trinajstić information content (AvgIpc) is 3.06. The molecular formula is C17H21N3O4S. The zero-order valence-electron chi connectivity index (χ0n) is 14.0. The van der Waals surface area contributed by atoms with Crippen LogP contribution in [0, 0.1) is 5.92 Å². The predicted octanol–water partition coefficient (Wildman–Crippen LogP) is 2.00. The van der Waals surface area contributed by atoms with E-state index in [0.717, 1.165) is 12.8 Å². The van der Waals surface area contributed by atoms with Gasteiger partial charge in [0.1, 0.15) is 10.4 Å². The van der Waals surface area contributed by atoms with Gasteiger partial charge in [-0.25, -0.2) is 9.78 Å². The Labute approximate surface area is 148 Å². The van der Waals surface area contributed by atoms with Crippen LogP contribution in [0.2, 0.25) is 0 Å². The monoisotopic (exact) mass is 363 g/mol. The maximum Gasteiger partial charge on any atom is 0.329 e. The fourth-order valence-electron chi connectivity index (χ4n) is 3.25. The van der Waals surface area contributed by atoms with Gasteiger partial charge >= 0.3 is 5.97 Å². The Kier molecular flexibility index (Phi) is 4.89. The summed E-state index contributed by atoms with van der Waals surface area (Å²) in [4.78, 5) is 41.2. The van der Waals surface area contributed by atoms with E-state index in [1.54, 1.807) is 11.4 Å². The minimum Gasteiger partial charge on any atom is -0.480 e.